The van der Waals surface area contributed by atoms with Gasteiger partial charge in [-0.05, 0) is 13.0 Å². The fraction of sp³-hybridized carbons (Fsp3) is 0.333. The molecule has 0 aliphatic rings. The molecule has 1 heterocycles. The van der Waals surface area contributed by atoms with Gasteiger partial charge in [0.2, 0.25) is 0 Å². The minimum Gasteiger partial charge on any atom is -0.465 e. The number of aromatic amines is 1. The fourth-order valence-corrected chi connectivity index (χ4v) is 1.09. The predicted molar refractivity (Wildman–Crippen MR) is 48.1 cm³/mol. The van der Waals surface area contributed by atoms with E-state index in [1.165, 1.54) is 6.92 Å². The smallest absolute Gasteiger partial charge is 0.338 e. The number of aromatic nitrogens is 1. The Bertz CT molecular complexity index is 439. The van der Waals surface area contributed by atoms with Gasteiger partial charge in [-0.3, -0.25) is 4.79 Å². The van der Waals surface area contributed by atoms with Gasteiger partial charge >= 0.3 is 5.97 Å². The molecular weight excluding hydrogens is 208 g/mol. The molecule has 0 aliphatic carbocycles. The highest BCUT2D eigenvalue weighted by Crippen LogP contribution is 2.17. The third kappa shape index (κ3) is 2.20. The molecule has 1 N–H and O–H groups in total. The number of methoxy groups -OCH3 is 1. The monoisotopic (exact) mass is 217 g/mol. The molecule has 0 saturated carbocycles. The number of halogens is 2. The Morgan fingerprint density at radius 2 is 2.13 bits per heavy atom. The molecule has 82 valence electrons. The van der Waals surface area contributed by atoms with Crippen LogP contribution in [0, 0.1) is 6.92 Å². The molecule has 1 rings (SSSR count). The van der Waals surface area contributed by atoms with Crippen molar-refractivity contribution in [2.45, 2.75) is 13.3 Å². The van der Waals surface area contributed by atoms with Crippen LogP contribution in [0.5, 0.6) is 0 Å². The van der Waals surface area contributed by atoms with Crippen molar-refractivity contribution in [2.75, 3.05) is 7.11 Å². The fourth-order valence-electron chi connectivity index (χ4n) is 1.09. The Morgan fingerprint density at radius 3 is 2.60 bits per heavy atom. The van der Waals surface area contributed by atoms with Crippen LogP contribution in [0.15, 0.2) is 10.9 Å². The molecule has 1 aromatic heterocycles. The highest BCUT2D eigenvalue weighted by Gasteiger charge is 2.17. The van der Waals surface area contributed by atoms with Gasteiger partial charge in [0.1, 0.15) is 0 Å². The zero-order valence-electron chi connectivity index (χ0n) is 8.14. The molecule has 0 atom stereocenters. The molecule has 6 heteroatoms. The molecule has 0 fully saturated rings. The molecule has 0 amide bonds. The highest BCUT2D eigenvalue weighted by molar-refractivity contribution is 5.90. The minimum atomic E-state index is -2.83. The van der Waals surface area contributed by atoms with Gasteiger partial charge < -0.3 is 9.72 Å². The van der Waals surface area contributed by atoms with E-state index >= 15 is 0 Å². The summed E-state index contributed by atoms with van der Waals surface area (Å²) in [5, 5.41) is 0. The van der Waals surface area contributed by atoms with Crippen LogP contribution in [0.25, 0.3) is 0 Å². The van der Waals surface area contributed by atoms with E-state index in [4.69, 9.17) is 0 Å². The van der Waals surface area contributed by atoms with Gasteiger partial charge in [-0.15, -0.1) is 0 Å². The number of H-pyrrole nitrogens is 1. The lowest BCUT2D eigenvalue weighted by Crippen LogP contribution is -2.18. The maximum atomic E-state index is 12.3. The molecule has 0 spiro atoms. The lowest BCUT2D eigenvalue weighted by molar-refractivity contribution is 0.0599. The van der Waals surface area contributed by atoms with Crippen molar-refractivity contribution in [3.63, 3.8) is 0 Å². The maximum Gasteiger partial charge on any atom is 0.338 e. The second kappa shape index (κ2) is 4.20. The van der Waals surface area contributed by atoms with Crippen LogP contribution < -0.4 is 5.56 Å². The molecule has 4 nitrogen and oxygen atoms in total. The number of carbonyl (C=O) groups is 1. The van der Waals surface area contributed by atoms with Crippen LogP contribution in [0.2, 0.25) is 0 Å². The lowest BCUT2D eigenvalue weighted by Gasteiger charge is -2.05. The number of rotatable bonds is 2. The molecule has 0 saturated heterocycles. The summed E-state index contributed by atoms with van der Waals surface area (Å²) < 4.78 is 29.0. The van der Waals surface area contributed by atoms with E-state index in [0.717, 1.165) is 13.2 Å². The molecule has 0 radical (unpaired) electrons. The van der Waals surface area contributed by atoms with Crippen LogP contribution in [0.3, 0.4) is 0 Å². The summed E-state index contributed by atoms with van der Waals surface area (Å²) in [6.45, 7) is 1.36. The molecule has 0 aromatic carbocycles. The highest BCUT2D eigenvalue weighted by atomic mass is 19.3. The number of alkyl halides is 2. The van der Waals surface area contributed by atoms with E-state index in [1.807, 2.05) is 4.98 Å². The molecule has 0 unspecified atom stereocenters. The summed E-state index contributed by atoms with van der Waals surface area (Å²) in [5.41, 5.74) is -1.39. The third-order valence-corrected chi connectivity index (χ3v) is 1.94. The third-order valence-electron chi connectivity index (χ3n) is 1.94. The van der Waals surface area contributed by atoms with E-state index in [0.29, 0.717) is 0 Å². The van der Waals surface area contributed by atoms with Crippen molar-refractivity contribution in [3.05, 3.63) is 33.2 Å². The number of ether oxygens (including phenoxy) is 1. The van der Waals surface area contributed by atoms with Crippen LogP contribution in [0.4, 0.5) is 8.78 Å². The van der Waals surface area contributed by atoms with E-state index < -0.39 is 23.6 Å². The quantitative estimate of drug-likeness (QED) is 0.762. The summed E-state index contributed by atoms with van der Waals surface area (Å²) in [6, 6.07) is 0.924. The van der Waals surface area contributed by atoms with Crippen LogP contribution in [-0.2, 0) is 4.74 Å². The van der Waals surface area contributed by atoms with E-state index in [-0.39, 0.29) is 11.1 Å². The average Bonchev–Trinajstić information content (AvgIpc) is 2.20. The Balaban J connectivity index is 3.38. The second-order valence-electron chi connectivity index (χ2n) is 2.88. The van der Waals surface area contributed by atoms with Crippen molar-refractivity contribution in [1.82, 2.24) is 4.98 Å². The van der Waals surface area contributed by atoms with Gasteiger partial charge in [-0.25, -0.2) is 13.6 Å². The van der Waals surface area contributed by atoms with Gasteiger partial charge in [0.25, 0.3) is 12.0 Å². The molecule has 0 bridgehead atoms. The van der Waals surface area contributed by atoms with E-state index in [1.54, 1.807) is 0 Å². The van der Waals surface area contributed by atoms with Gasteiger partial charge in [0, 0.05) is 5.56 Å². The summed E-state index contributed by atoms with van der Waals surface area (Å²) in [6.07, 6.45) is -2.83. The molecule has 0 aliphatic heterocycles. The maximum absolute atomic E-state index is 12.3. The first-order valence-electron chi connectivity index (χ1n) is 4.07. The Labute approximate surface area is 83.9 Å². The van der Waals surface area contributed by atoms with Gasteiger partial charge in [0.05, 0.1) is 18.4 Å². The second-order valence-corrected chi connectivity index (χ2v) is 2.88. The number of hydrogen-bond acceptors (Lipinski definition) is 3. The standard InChI is InChI=1S/C9H9F2NO3/c1-4-5(9(14)15-2)3-6(7(10)11)12-8(4)13/h3,7H,1-2H3,(H,12,13). The zero-order chi connectivity index (χ0) is 11.6. The van der Waals surface area contributed by atoms with E-state index in [9.17, 15) is 18.4 Å². The van der Waals surface area contributed by atoms with Crippen molar-refractivity contribution >= 4 is 5.97 Å². The molecule has 15 heavy (non-hydrogen) atoms. The SMILES string of the molecule is COC(=O)c1cc(C(F)F)[nH]c(=O)c1C. The molecular formula is C9H9F2NO3. The topological polar surface area (TPSA) is 59.2 Å². The van der Waals surface area contributed by atoms with Gasteiger partial charge in [-0.1, -0.05) is 0 Å². The first kappa shape index (κ1) is 11.4. The normalized spacial score (nSPS) is 10.5. The Morgan fingerprint density at radius 1 is 1.53 bits per heavy atom. The summed E-state index contributed by atoms with van der Waals surface area (Å²) >= 11 is 0. The number of pyridine rings is 1. The largest absolute Gasteiger partial charge is 0.465 e. The number of nitrogens with one attached hydrogen (secondary N) is 1. The lowest BCUT2D eigenvalue weighted by atomic mass is 10.1. The van der Waals surface area contributed by atoms with Crippen LogP contribution >= 0.6 is 0 Å². The number of carbonyl (C=O) groups excluding carboxylic acids is 1. The van der Waals surface area contributed by atoms with Crippen molar-refractivity contribution in [2.24, 2.45) is 0 Å². The Hall–Kier alpha value is -1.72. The predicted octanol–water partition coefficient (Wildman–Crippen LogP) is 1.41. The number of esters is 1. The first-order chi connectivity index (χ1) is 6.97. The summed E-state index contributed by atoms with van der Waals surface area (Å²) in [5.74, 6) is -0.805. The van der Waals surface area contributed by atoms with Crippen molar-refractivity contribution in [1.29, 1.82) is 0 Å². The zero-order valence-corrected chi connectivity index (χ0v) is 8.14. The van der Waals surface area contributed by atoms with Crippen LogP contribution in [0.1, 0.15) is 28.0 Å². The van der Waals surface area contributed by atoms with E-state index in [2.05, 4.69) is 4.74 Å². The average molecular weight is 217 g/mol. The van der Waals surface area contributed by atoms with Gasteiger partial charge in [0.15, 0.2) is 0 Å². The van der Waals surface area contributed by atoms with Crippen molar-refractivity contribution < 1.29 is 18.3 Å². The summed E-state index contributed by atoms with van der Waals surface area (Å²) in [4.78, 5) is 24.3. The first-order valence-corrected chi connectivity index (χ1v) is 4.07. The van der Waals surface area contributed by atoms with Crippen LogP contribution in [-0.4, -0.2) is 18.1 Å². The molecule has 1 aromatic rings. The van der Waals surface area contributed by atoms with Gasteiger partial charge in [-0.2, -0.15) is 0 Å². The minimum absolute atomic E-state index is 0.0613. The van der Waals surface area contributed by atoms with Crippen molar-refractivity contribution in [3.8, 4) is 0 Å². The number of hydrogen-bond donors (Lipinski definition) is 1. The summed E-state index contributed by atoms with van der Waals surface area (Å²) in [7, 11) is 1.12. The Kier molecular flexibility index (Phi) is 3.18.